The molecule has 2 aromatic carbocycles. The number of hydrogen-bond acceptors (Lipinski definition) is 4. The Bertz CT molecular complexity index is 1070. The van der Waals surface area contributed by atoms with Crippen molar-refractivity contribution in [1.82, 2.24) is 0 Å². The highest BCUT2D eigenvalue weighted by molar-refractivity contribution is 6.32. The number of benzene rings is 2. The number of phenolic OH excluding ortho intramolecular Hbond substituents is 2. The quantitative estimate of drug-likeness (QED) is 0.793. The number of nitrogens with zero attached hydrogens (tertiary/aromatic N) is 1. The van der Waals surface area contributed by atoms with Crippen LogP contribution in [0.5, 0.6) is 11.5 Å². The fourth-order valence-electron chi connectivity index (χ4n) is 3.57. The predicted octanol–water partition coefficient (Wildman–Crippen LogP) is 4.55. The molecule has 0 aromatic heterocycles. The third kappa shape index (κ3) is 2.63. The summed E-state index contributed by atoms with van der Waals surface area (Å²) in [7, 11) is 0. The molecule has 1 heterocycles. The van der Waals surface area contributed by atoms with Gasteiger partial charge in [0.05, 0.1) is 12.3 Å². The Morgan fingerprint density at radius 1 is 1.15 bits per heavy atom. The van der Waals surface area contributed by atoms with Gasteiger partial charge in [0.15, 0.2) is 11.6 Å². The van der Waals surface area contributed by atoms with Gasteiger partial charge in [-0.2, -0.15) is 9.65 Å². The number of allylic oxidation sites excluding steroid dienone is 1. The molecule has 2 unspecified atom stereocenters. The van der Waals surface area contributed by atoms with E-state index in [2.05, 4.69) is 6.07 Å². The van der Waals surface area contributed by atoms with E-state index >= 15 is 0 Å². The van der Waals surface area contributed by atoms with Crippen LogP contribution in [0.2, 0.25) is 5.02 Å². The van der Waals surface area contributed by atoms with E-state index in [1.165, 1.54) is 24.5 Å². The first kappa shape index (κ1) is 17.4. The number of hydrogen-bond donors (Lipinski definition) is 2. The summed E-state index contributed by atoms with van der Waals surface area (Å²) in [5, 5.41) is 29.0. The first-order valence-corrected chi connectivity index (χ1v) is 8.44. The minimum absolute atomic E-state index is 0.0563. The molecule has 27 heavy (non-hydrogen) atoms. The Morgan fingerprint density at radius 3 is 2.67 bits per heavy atom. The zero-order chi connectivity index (χ0) is 19.3. The predicted molar refractivity (Wildman–Crippen MR) is 94.8 cm³/mol. The molecular weight excluding hydrogens is 376 g/mol. The van der Waals surface area contributed by atoms with Gasteiger partial charge in [0.25, 0.3) is 0 Å². The third-order valence-corrected chi connectivity index (χ3v) is 5.14. The van der Waals surface area contributed by atoms with Crippen molar-refractivity contribution in [3.8, 4) is 17.6 Å². The lowest BCUT2D eigenvalue weighted by molar-refractivity contribution is 0.204. The monoisotopic (exact) mass is 387 g/mol. The maximum Gasteiger partial charge on any atom is 0.200 e. The minimum atomic E-state index is -1.36. The smallest absolute Gasteiger partial charge is 0.200 e. The number of rotatable bonds is 2. The van der Waals surface area contributed by atoms with Crippen LogP contribution < -0.4 is 0 Å². The molecule has 136 valence electrons. The Balaban J connectivity index is 1.98. The molecular formula is C20H12ClF2NO3. The summed E-state index contributed by atoms with van der Waals surface area (Å²) >= 11 is 6.25. The fourth-order valence-corrected chi connectivity index (χ4v) is 3.85. The zero-order valence-electron chi connectivity index (χ0n) is 13.7. The van der Waals surface area contributed by atoms with Crippen molar-refractivity contribution >= 4 is 22.7 Å². The summed E-state index contributed by atoms with van der Waals surface area (Å²) in [4.78, 5) is 0. The van der Waals surface area contributed by atoms with Gasteiger partial charge in [-0.1, -0.05) is 11.6 Å². The lowest BCUT2D eigenvalue weighted by Gasteiger charge is -2.19. The number of ether oxygens (including phenoxy) is 1. The van der Waals surface area contributed by atoms with Crippen LogP contribution in [0.4, 0.5) is 8.78 Å². The van der Waals surface area contributed by atoms with E-state index in [1.54, 1.807) is 6.08 Å². The van der Waals surface area contributed by atoms with E-state index < -0.39 is 29.4 Å². The van der Waals surface area contributed by atoms with Gasteiger partial charge in [-0.25, -0.2) is 4.39 Å². The van der Waals surface area contributed by atoms with E-state index in [9.17, 15) is 24.3 Å². The first-order valence-electron chi connectivity index (χ1n) is 8.06. The van der Waals surface area contributed by atoms with E-state index in [0.717, 1.165) is 6.07 Å². The van der Waals surface area contributed by atoms with Crippen molar-refractivity contribution in [2.24, 2.45) is 5.92 Å². The standard InChI is InChI=1S/C20H12ClF2NO3/c21-15-6-10(25)5-13-12(15)7-14(11-1-2-16(26)19(23)18(11)22)17(13)20-9(8-24)3-4-27-20/h1-6,9,20,25-26H,7H2. The maximum atomic E-state index is 14.6. The van der Waals surface area contributed by atoms with Gasteiger partial charge in [-0.3, -0.25) is 0 Å². The lowest BCUT2D eigenvalue weighted by Crippen LogP contribution is -2.17. The van der Waals surface area contributed by atoms with Crippen LogP contribution >= 0.6 is 11.6 Å². The SMILES string of the molecule is N#CC1C=COC1C1=C(c2ccc(O)c(F)c2F)Cc2c(Cl)cc(O)cc21. The minimum Gasteiger partial charge on any atom is -0.508 e. The second-order valence-corrected chi connectivity index (χ2v) is 6.73. The van der Waals surface area contributed by atoms with Crippen molar-refractivity contribution in [1.29, 1.82) is 5.26 Å². The second-order valence-electron chi connectivity index (χ2n) is 6.32. The van der Waals surface area contributed by atoms with E-state index in [0.29, 0.717) is 22.3 Å². The summed E-state index contributed by atoms with van der Waals surface area (Å²) in [5.41, 5.74) is 1.95. The molecule has 4 nitrogen and oxygen atoms in total. The average molecular weight is 388 g/mol. The van der Waals surface area contributed by atoms with Crippen molar-refractivity contribution in [3.63, 3.8) is 0 Å². The maximum absolute atomic E-state index is 14.6. The highest BCUT2D eigenvalue weighted by atomic mass is 35.5. The number of phenols is 2. The van der Waals surface area contributed by atoms with E-state index in [-0.39, 0.29) is 22.8 Å². The van der Waals surface area contributed by atoms with Crippen LogP contribution in [0.15, 0.2) is 36.6 Å². The molecule has 7 heteroatoms. The van der Waals surface area contributed by atoms with Gasteiger partial charge >= 0.3 is 0 Å². The van der Waals surface area contributed by atoms with Crippen molar-refractivity contribution in [3.05, 3.63) is 70.0 Å². The Hall–Kier alpha value is -3.04. The molecule has 1 aliphatic carbocycles. The van der Waals surface area contributed by atoms with Gasteiger partial charge in [0, 0.05) is 22.6 Å². The summed E-state index contributed by atoms with van der Waals surface area (Å²) in [6, 6.07) is 7.28. The molecule has 0 radical (unpaired) electrons. The number of aromatic hydroxyl groups is 2. The van der Waals surface area contributed by atoms with Gasteiger partial charge in [-0.05, 0) is 47.0 Å². The van der Waals surface area contributed by atoms with Crippen LogP contribution in [0, 0.1) is 28.9 Å². The molecule has 0 saturated heterocycles. The molecule has 0 saturated carbocycles. The number of fused-ring (bicyclic) bond motifs is 1. The Kier molecular flexibility index (Phi) is 4.05. The largest absolute Gasteiger partial charge is 0.508 e. The van der Waals surface area contributed by atoms with Crippen LogP contribution in [-0.4, -0.2) is 16.3 Å². The summed E-state index contributed by atoms with van der Waals surface area (Å²) in [5.74, 6) is -4.07. The fraction of sp³-hybridized carbons (Fsp3) is 0.150. The normalized spacial score (nSPS) is 20.5. The molecule has 1 aliphatic heterocycles. The second kappa shape index (κ2) is 6.29. The first-order chi connectivity index (χ1) is 12.9. The summed E-state index contributed by atoms with van der Waals surface area (Å²) < 4.78 is 34.1. The highest BCUT2D eigenvalue weighted by Gasteiger charge is 2.38. The molecule has 0 fully saturated rings. The van der Waals surface area contributed by atoms with Gasteiger partial charge in [0.2, 0.25) is 5.82 Å². The van der Waals surface area contributed by atoms with Crippen molar-refractivity contribution in [2.75, 3.05) is 0 Å². The third-order valence-electron chi connectivity index (χ3n) is 4.81. The molecule has 0 spiro atoms. The molecule has 2 aliphatic rings. The molecule has 2 atom stereocenters. The highest BCUT2D eigenvalue weighted by Crippen LogP contribution is 2.48. The summed E-state index contributed by atoms with van der Waals surface area (Å²) in [6.07, 6.45) is 2.38. The van der Waals surface area contributed by atoms with Crippen LogP contribution in [0.1, 0.15) is 16.7 Å². The van der Waals surface area contributed by atoms with Crippen LogP contribution in [0.25, 0.3) is 11.1 Å². The van der Waals surface area contributed by atoms with E-state index in [1.807, 2.05) is 0 Å². The van der Waals surface area contributed by atoms with Gasteiger partial charge in [-0.15, -0.1) is 0 Å². The number of nitriles is 1. The van der Waals surface area contributed by atoms with Crippen LogP contribution in [0.3, 0.4) is 0 Å². The topological polar surface area (TPSA) is 73.5 Å². The zero-order valence-corrected chi connectivity index (χ0v) is 14.5. The lowest BCUT2D eigenvalue weighted by atomic mass is 9.90. The van der Waals surface area contributed by atoms with Crippen molar-refractivity contribution in [2.45, 2.75) is 12.5 Å². The van der Waals surface area contributed by atoms with Crippen molar-refractivity contribution < 1.29 is 23.7 Å². The van der Waals surface area contributed by atoms with E-state index in [4.69, 9.17) is 16.3 Å². The summed E-state index contributed by atoms with van der Waals surface area (Å²) in [6.45, 7) is 0. The van der Waals surface area contributed by atoms with Gasteiger partial charge in [0.1, 0.15) is 17.8 Å². The van der Waals surface area contributed by atoms with Crippen LogP contribution in [-0.2, 0) is 11.2 Å². The molecule has 2 N–H and O–H groups in total. The average Bonchev–Trinajstić information content (AvgIpc) is 3.23. The molecule has 4 rings (SSSR count). The Labute approximate surface area is 158 Å². The Morgan fingerprint density at radius 2 is 1.93 bits per heavy atom. The molecule has 0 amide bonds. The molecule has 0 bridgehead atoms. The number of halogens is 3. The molecule has 2 aromatic rings. The van der Waals surface area contributed by atoms with Gasteiger partial charge < -0.3 is 14.9 Å².